The maximum absolute atomic E-state index is 8.58. The van der Waals surface area contributed by atoms with Gasteiger partial charge in [-0.2, -0.15) is 5.26 Å². The van der Waals surface area contributed by atoms with E-state index in [0.29, 0.717) is 16.7 Å². The molecule has 0 spiro atoms. The van der Waals surface area contributed by atoms with Gasteiger partial charge in [-0.1, -0.05) is 23.7 Å². The van der Waals surface area contributed by atoms with Crippen molar-refractivity contribution < 1.29 is 4.74 Å². The lowest BCUT2D eigenvalue weighted by atomic mass is 10.1. The molecule has 0 unspecified atom stereocenters. The predicted octanol–water partition coefficient (Wildman–Crippen LogP) is 3.60. The summed E-state index contributed by atoms with van der Waals surface area (Å²) in [6.45, 7) is 0. The number of ether oxygens (including phenoxy) is 1. The molecular formula is C13H8ClN2O. The molecule has 0 aliphatic heterocycles. The monoisotopic (exact) mass is 243 g/mol. The third-order valence-corrected chi connectivity index (χ3v) is 2.35. The normalized spacial score (nSPS) is 9.65. The topological polar surface area (TPSA) is 45.9 Å². The van der Waals surface area contributed by atoms with Gasteiger partial charge in [0.25, 0.3) is 0 Å². The molecule has 0 bridgehead atoms. The lowest BCUT2D eigenvalue weighted by molar-refractivity contribution is 0.463. The average molecular weight is 244 g/mol. The van der Waals surface area contributed by atoms with Crippen molar-refractivity contribution >= 4 is 11.6 Å². The molecular weight excluding hydrogens is 236 g/mol. The van der Waals surface area contributed by atoms with Crippen LogP contribution in [0.4, 0.5) is 0 Å². The van der Waals surface area contributed by atoms with Gasteiger partial charge < -0.3 is 4.74 Å². The fourth-order valence-corrected chi connectivity index (χ4v) is 1.44. The standard InChI is InChI=1S/C13H8ClN2O/c14-11-5-4-10(6-7-15)9-12(11)17-13-3-1-2-8-16-13/h1-6,8-9H. The molecule has 0 saturated heterocycles. The smallest absolute Gasteiger partial charge is 0.219 e. The predicted molar refractivity (Wildman–Crippen MR) is 64.8 cm³/mol. The van der Waals surface area contributed by atoms with Crippen molar-refractivity contribution in [1.29, 1.82) is 5.26 Å². The SMILES string of the molecule is N#C[CH]c1ccc(Cl)c(Oc2ccccn2)c1. The van der Waals surface area contributed by atoms with Crippen LogP contribution in [0.1, 0.15) is 5.56 Å². The molecule has 2 aromatic rings. The van der Waals surface area contributed by atoms with E-state index in [1.807, 2.05) is 12.1 Å². The van der Waals surface area contributed by atoms with E-state index in [-0.39, 0.29) is 0 Å². The first kappa shape index (κ1) is 11.4. The number of benzene rings is 1. The molecule has 0 amide bonds. The zero-order valence-corrected chi connectivity index (χ0v) is 9.56. The number of rotatable bonds is 3. The molecule has 1 radical (unpaired) electrons. The molecule has 0 aliphatic carbocycles. The van der Waals surface area contributed by atoms with E-state index in [1.54, 1.807) is 36.5 Å². The summed E-state index contributed by atoms with van der Waals surface area (Å²) in [6.07, 6.45) is 3.05. The van der Waals surface area contributed by atoms with Crippen molar-refractivity contribution in [2.75, 3.05) is 0 Å². The number of nitriles is 1. The van der Waals surface area contributed by atoms with Gasteiger partial charge in [0.05, 0.1) is 17.5 Å². The summed E-state index contributed by atoms with van der Waals surface area (Å²) in [5, 5.41) is 9.06. The second kappa shape index (κ2) is 5.33. The van der Waals surface area contributed by atoms with Gasteiger partial charge in [0.15, 0.2) is 0 Å². The van der Waals surface area contributed by atoms with Crippen LogP contribution in [-0.4, -0.2) is 4.98 Å². The van der Waals surface area contributed by atoms with Crippen molar-refractivity contribution in [2.45, 2.75) is 0 Å². The molecule has 0 saturated carbocycles. The van der Waals surface area contributed by atoms with Crippen molar-refractivity contribution in [3.63, 3.8) is 0 Å². The van der Waals surface area contributed by atoms with E-state index in [9.17, 15) is 0 Å². The van der Waals surface area contributed by atoms with Crippen LogP contribution in [0.2, 0.25) is 5.02 Å². The molecule has 0 atom stereocenters. The van der Waals surface area contributed by atoms with E-state index in [4.69, 9.17) is 21.6 Å². The highest BCUT2D eigenvalue weighted by Gasteiger charge is 2.05. The molecule has 17 heavy (non-hydrogen) atoms. The maximum atomic E-state index is 8.58. The average Bonchev–Trinajstić information content (AvgIpc) is 2.35. The number of hydrogen-bond acceptors (Lipinski definition) is 3. The highest BCUT2D eigenvalue weighted by molar-refractivity contribution is 6.32. The highest BCUT2D eigenvalue weighted by Crippen LogP contribution is 2.29. The van der Waals surface area contributed by atoms with Gasteiger partial charge in [0.1, 0.15) is 5.75 Å². The van der Waals surface area contributed by atoms with Crippen LogP contribution >= 0.6 is 11.6 Å². The van der Waals surface area contributed by atoms with Crippen LogP contribution in [0.15, 0.2) is 42.6 Å². The Labute approximate surface area is 104 Å². The second-order valence-corrected chi connectivity index (χ2v) is 3.64. The van der Waals surface area contributed by atoms with Crippen LogP contribution in [-0.2, 0) is 0 Å². The van der Waals surface area contributed by atoms with Gasteiger partial charge >= 0.3 is 0 Å². The highest BCUT2D eigenvalue weighted by atomic mass is 35.5. The zero-order chi connectivity index (χ0) is 12.1. The Kier molecular flexibility index (Phi) is 3.59. The minimum Gasteiger partial charge on any atom is -0.437 e. The van der Waals surface area contributed by atoms with Gasteiger partial charge in [-0.05, 0) is 23.8 Å². The molecule has 0 aliphatic rings. The molecule has 0 N–H and O–H groups in total. The molecule has 1 heterocycles. The Balaban J connectivity index is 2.26. The fourth-order valence-electron chi connectivity index (χ4n) is 1.28. The summed E-state index contributed by atoms with van der Waals surface area (Å²) in [4.78, 5) is 4.03. The molecule has 4 heteroatoms. The van der Waals surface area contributed by atoms with E-state index in [0.717, 1.165) is 5.56 Å². The fraction of sp³-hybridized carbons (Fsp3) is 0. The van der Waals surface area contributed by atoms with Crippen molar-refractivity contribution in [2.24, 2.45) is 0 Å². The summed E-state index contributed by atoms with van der Waals surface area (Å²) in [6, 6.07) is 12.4. The van der Waals surface area contributed by atoms with E-state index < -0.39 is 0 Å². The third-order valence-electron chi connectivity index (χ3n) is 2.04. The van der Waals surface area contributed by atoms with E-state index in [1.165, 1.54) is 6.42 Å². The number of aromatic nitrogens is 1. The molecule has 2 rings (SSSR count). The minimum absolute atomic E-state index is 0.462. The lowest BCUT2D eigenvalue weighted by Crippen LogP contribution is -1.89. The Bertz CT molecular complexity index is 549. The number of nitrogens with zero attached hydrogens (tertiary/aromatic N) is 2. The van der Waals surface area contributed by atoms with E-state index in [2.05, 4.69) is 4.98 Å². The van der Waals surface area contributed by atoms with Crippen LogP contribution < -0.4 is 4.74 Å². The number of hydrogen-bond donors (Lipinski definition) is 0. The Morgan fingerprint density at radius 1 is 1.29 bits per heavy atom. The van der Waals surface area contributed by atoms with Crippen LogP contribution in [0, 0.1) is 17.8 Å². The first-order chi connectivity index (χ1) is 8.29. The zero-order valence-electron chi connectivity index (χ0n) is 8.80. The summed E-state index contributed by atoms with van der Waals surface area (Å²) < 4.78 is 5.52. The van der Waals surface area contributed by atoms with Gasteiger partial charge in [-0.15, -0.1) is 0 Å². The summed E-state index contributed by atoms with van der Waals surface area (Å²) in [7, 11) is 0. The first-order valence-electron chi connectivity index (χ1n) is 4.91. The quantitative estimate of drug-likeness (QED) is 0.827. The molecule has 1 aromatic heterocycles. The van der Waals surface area contributed by atoms with Crippen molar-refractivity contribution in [1.82, 2.24) is 4.98 Å². The minimum atomic E-state index is 0.462. The van der Waals surface area contributed by atoms with Gasteiger partial charge in [0, 0.05) is 12.3 Å². The summed E-state index contributed by atoms with van der Waals surface area (Å²) in [5.74, 6) is 0.942. The maximum Gasteiger partial charge on any atom is 0.219 e. The summed E-state index contributed by atoms with van der Waals surface area (Å²) >= 11 is 6.00. The largest absolute Gasteiger partial charge is 0.437 e. The first-order valence-corrected chi connectivity index (χ1v) is 5.28. The molecule has 83 valence electrons. The van der Waals surface area contributed by atoms with Gasteiger partial charge in [0.2, 0.25) is 5.88 Å². The molecule has 0 fully saturated rings. The van der Waals surface area contributed by atoms with Crippen LogP contribution in [0.3, 0.4) is 0 Å². The molecule has 3 nitrogen and oxygen atoms in total. The lowest BCUT2D eigenvalue weighted by Gasteiger charge is -2.07. The number of halogens is 1. The number of pyridine rings is 1. The molecule has 1 aromatic carbocycles. The van der Waals surface area contributed by atoms with Gasteiger partial charge in [-0.3, -0.25) is 0 Å². The van der Waals surface area contributed by atoms with Crippen molar-refractivity contribution in [3.8, 4) is 17.7 Å². The van der Waals surface area contributed by atoms with Crippen LogP contribution in [0.25, 0.3) is 0 Å². The van der Waals surface area contributed by atoms with Gasteiger partial charge in [-0.25, -0.2) is 4.98 Å². The second-order valence-electron chi connectivity index (χ2n) is 3.23. The Morgan fingerprint density at radius 2 is 2.18 bits per heavy atom. The Morgan fingerprint density at radius 3 is 2.88 bits per heavy atom. The van der Waals surface area contributed by atoms with Crippen LogP contribution in [0.5, 0.6) is 11.6 Å². The summed E-state index contributed by atoms with van der Waals surface area (Å²) in [5.41, 5.74) is 0.739. The third kappa shape index (κ3) is 2.96. The van der Waals surface area contributed by atoms with Crippen molar-refractivity contribution in [3.05, 3.63) is 59.6 Å². The van der Waals surface area contributed by atoms with E-state index >= 15 is 0 Å². The Hall–Kier alpha value is -2.05.